The number of benzene rings is 2. The van der Waals surface area contributed by atoms with E-state index < -0.39 is 22.9 Å². The molecule has 0 N–H and O–H groups in total. The van der Waals surface area contributed by atoms with Gasteiger partial charge in [-0.2, -0.15) is 0 Å². The molecule has 4 aromatic rings. The first kappa shape index (κ1) is 18.5. The fourth-order valence-corrected chi connectivity index (χ4v) is 9.71. The van der Waals surface area contributed by atoms with Gasteiger partial charge in [-0.05, 0) is 0 Å². The van der Waals surface area contributed by atoms with Crippen molar-refractivity contribution in [2.75, 3.05) is 0 Å². The van der Waals surface area contributed by atoms with Crippen LogP contribution in [0.3, 0.4) is 0 Å². The molecule has 5 heteroatoms. The monoisotopic (exact) mass is 508 g/mol. The summed E-state index contributed by atoms with van der Waals surface area (Å²) in [6, 6.07) is 17.0. The first-order valence-corrected chi connectivity index (χ1v) is 14.8. The van der Waals surface area contributed by atoms with Crippen LogP contribution in [0.5, 0.6) is 0 Å². The molecule has 3 nitrogen and oxygen atoms in total. The fourth-order valence-electron chi connectivity index (χ4n) is 4.48. The van der Waals surface area contributed by atoms with E-state index in [4.69, 9.17) is 15.0 Å². The molecular formula is C25H19InN3S. The van der Waals surface area contributed by atoms with Crippen molar-refractivity contribution in [3.8, 4) is 11.3 Å². The second kappa shape index (κ2) is 6.89. The topological polar surface area (TPSA) is 38.7 Å². The van der Waals surface area contributed by atoms with Gasteiger partial charge in [-0.3, -0.25) is 0 Å². The summed E-state index contributed by atoms with van der Waals surface area (Å²) in [5, 5.41) is 1.24. The molecule has 0 bridgehead atoms. The summed E-state index contributed by atoms with van der Waals surface area (Å²) >= 11 is 0.929. The first-order valence-electron chi connectivity index (χ1n) is 10.2. The van der Waals surface area contributed by atoms with E-state index in [-0.39, 0.29) is 5.41 Å². The Balaban J connectivity index is 1.42. The van der Waals surface area contributed by atoms with Gasteiger partial charge in [-0.25, -0.2) is 0 Å². The SMILES string of the molecule is CC1(C)c2ccccc2-c2nc(C3=C[CH](c4nc5ccccc5s4)[In][CH]=C3)ncc21. The second-order valence-electron chi connectivity index (χ2n) is 8.35. The fraction of sp³-hybridized carbons (Fsp3) is 0.160. The molecule has 1 aliphatic carbocycles. The van der Waals surface area contributed by atoms with Crippen molar-refractivity contribution < 1.29 is 0 Å². The molecule has 0 amide bonds. The van der Waals surface area contributed by atoms with E-state index in [0.29, 0.717) is 3.67 Å². The Bertz CT molecular complexity index is 1330. The van der Waals surface area contributed by atoms with Crippen molar-refractivity contribution in [3.63, 3.8) is 0 Å². The number of para-hydroxylation sites is 1. The molecule has 3 heterocycles. The minimum absolute atomic E-state index is 0.0553. The van der Waals surface area contributed by atoms with Crippen LogP contribution in [-0.2, 0) is 5.41 Å². The van der Waals surface area contributed by atoms with Gasteiger partial charge >= 0.3 is 192 Å². The van der Waals surface area contributed by atoms with E-state index in [1.807, 2.05) is 17.5 Å². The van der Waals surface area contributed by atoms with Gasteiger partial charge in [0.2, 0.25) is 0 Å². The Kier molecular flexibility index (Phi) is 4.26. The van der Waals surface area contributed by atoms with Crippen molar-refractivity contribution in [1.82, 2.24) is 15.0 Å². The molecule has 1 radical (unpaired) electrons. The number of hydrogen-bond donors (Lipinski definition) is 0. The summed E-state index contributed by atoms with van der Waals surface area (Å²) < 4.78 is 4.14. The van der Waals surface area contributed by atoms with Crippen LogP contribution in [-0.4, -0.2) is 37.9 Å². The number of rotatable bonds is 2. The Labute approximate surface area is 191 Å². The molecule has 143 valence electrons. The van der Waals surface area contributed by atoms with Crippen LogP contribution < -0.4 is 0 Å². The van der Waals surface area contributed by atoms with E-state index in [1.54, 1.807) is 0 Å². The Morgan fingerprint density at radius 3 is 2.70 bits per heavy atom. The molecular weight excluding hydrogens is 489 g/mol. The Hall–Kier alpha value is -2.24. The summed E-state index contributed by atoms with van der Waals surface area (Å²) in [6.07, 6.45) is 6.64. The number of aromatic nitrogens is 3. The average molecular weight is 508 g/mol. The first-order chi connectivity index (χ1) is 14.6. The third-order valence-corrected chi connectivity index (χ3v) is 11.8. The van der Waals surface area contributed by atoms with Crippen LogP contribution in [0, 0.1) is 0 Å². The van der Waals surface area contributed by atoms with E-state index >= 15 is 0 Å². The van der Waals surface area contributed by atoms with Crippen molar-refractivity contribution in [3.05, 3.63) is 92.7 Å². The van der Waals surface area contributed by atoms with Gasteiger partial charge in [0.1, 0.15) is 0 Å². The van der Waals surface area contributed by atoms with Gasteiger partial charge in [0.15, 0.2) is 0 Å². The molecule has 2 aliphatic rings. The molecule has 0 spiro atoms. The predicted octanol–water partition coefficient (Wildman–Crippen LogP) is 5.75. The number of fused-ring (bicyclic) bond motifs is 4. The molecule has 0 fully saturated rings. The maximum absolute atomic E-state index is 5.06. The number of nitrogens with zero attached hydrogens (tertiary/aromatic N) is 3. The molecule has 30 heavy (non-hydrogen) atoms. The molecule has 2 aromatic carbocycles. The van der Waals surface area contributed by atoms with Gasteiger partial charge in [-0.1, -0.05) is 0 Å². The molecule has 6 rings (SSSR count). The summed E-state index contributed by atoms with van der Waals surface area (Å²) in [6.45, 7) is 4.52. The zero-order chi connectivity index (χ0) is 20.3. The minimum atomic E-state index is -0.900. The molecule has 2 aromatic heterocycles. The zero-order valence-corrected chi connectivity index (χ0v) is 20.9. The molecule has 0 saturated heterocycles. The van der Waals surface area contributed by atoms with Crippen molar-refractivity contribution in [1.29, 1.82) is 0 Å². The predicted molar refractivity (Wildman–Crippen MR) is 125 cm³/mol. The van der Waals surface area contributed by atoms with Gasteiger partial charge in [0, 0.05) is 0 Å². The van der Waals surface area contributed by atoms with Crippen LogP contribution in [0.2, 0.25) is 0 Å². The van der Waals surface area contributed by atoms with Crippen LogP contribution in [0.25, 0.3) is 27.0 Å². The van der Waals surface area contributed by atoms with Gasteiger partial charge in [0.25, 0.3) is 0 Å². The van der Waals surface area contributed by atoms with E-state index in [2.05, 4.69) is 78.4 Å². The third kappa shape index (κ3) is 2.83. The molecule has 0 saturated carbocycles. The van der Waals surface area contributed by atoms with Gasteiger partial charge < -0.3 is 0 Å². The van der Waals surface area contributed by atoms with Crippen LogP contribution in [0.1, 0.15) is 39.5 Å². The quantitative estimate of drug-likeness (QED) is 0.346. The normalized spacial score (nSPS) is 18.6. The second-order valence-corrected chi connectivity index (χ2v) is 13.7. The summed E-state index contributed by atoms with van der Waals surface area (Å²) in [5.74, 6) is 0.825. The number of allylic oxidation sites excluding steroid dienone is 3. The summed E-state index contributed by atoms with van der Waals surface area (Å²) in [4.78, 5) is 14.8. The molecule has 1 unspecified atom stereocenters. The summed E-state index contributed by atoms with van der Waals surface area (Å²) in [5.41, 5.74) is 7.05. The standard InChI is InChI=1S/C25H19N3S.In/c1-4-16(13-14-22-27-20-11-7-8-12-21(20)29-22)24-26-15-19-23(28-24)17-9-5-6-10-18(17)25(19,2)3;/h1,4-15H,2-3H3;. The zero-order valence-electron chi connectivity index (χ0n) is 16.8. The Morgan fingerprint density at radius 2 is 1.80 bits per heavy atom. The summed E-state index contributed by atoms with van der Waals surface area (Å²) in [7, 11) is 0. The van der Waals surface area contributed by atoms with Crippen molar-refractivity contribution in [2.45, 2.75) is 22.9 Å². The van der Waals surface area contributed by atoms with Gasteiger partial charge in [0.05, 0.1) is 0 Å². The number of thiazole rings is 1. The average Bonchev–Trinajstić information content (AvgIpc) is 3.32. The van der Waals surface area contributed by atoms with Crippen molar-refractivity contribution >= 4 is 50.0 Å². The van der Waals surface area contributed by atoms with E-state index in [9.17, 15) is 0 Å². The van der Waals surface area contributed by atoms with Gasteiger partial charge in [-0.15, -0.1) is 0 Å². The molecule has 1 aliphatic heterocycles. The van der Waals surface area contributed by atoms with Crippen molar-refractivity contribution in [2.24, 2.45) is 0 Å². The van der Waals surface area contributed by atoms with Crippen LogP contribution in [0.4, 0.5) is 0 Å². The third-order valence-electron chi connectivity index (χ3n) is 6.12. The Morgan fingerprint density at radius 1 is 0.967 bits per heavy atom. The molecule has 1 atom stereocenters. The van der Waals surface area contributed by atoms with Crippen LogP contribution in [0.15, 0.2) is 70.7 Å². The van der Waals surface area contributed by atoms with E-state index in [1.165, 1.54) is 26.4 Å². The van der Waals surface area contributed by atoms with E-state index in [0.717, 1.165) is 22.6 Å². The number of hydrogen-bond acceptors (Lipinski definition) is 4. The van der Waals surface area contributed by atoms with Crippen LogP contribution >= 0.6 is 11.3 Å². The maximum atomic E-state index is 5.06.